The summed E-state index contributed by atoms with van der Waals surface area (Å²) in [6.45, 7) is 2.64. The van der Waals surface area contributed by atoms with Crippen LogP contribution in [0, 0.1) is 6.92 Å². The molecule has 108 valence electrons. The van der Waals surface area contributed by atoms with E-state index in [0.29, 0.717) is 12.3 Å². The van der Waals surface area contributed by atoms with Crippen LogP contribution in [0.2, 0.25) is 0 Å². The molecule has 1 N–H and O–H groups in total. The van der Waals surface area contributed by atoms with E-state index in [-0.39, 0.29) is 11.8 Å². The summed E-state index contributed by atoms with van der Waals surface area (Å²) in [5.74, 6) is 0.586. The zero-order valence-corrected chi connectivity index (χ0v) is 12.4. The first-order chi connectivity index (χ1) is 9.55. The van der Waals surface area contributed by atoms with Crippen LogP contribution in [0.3, 0.4) is 0 Å². The van der Waals surface area contributed by atoms with Gasteiger partial charge in [0.1, 0.15) is 5.65 Å². The number of nitrogens with one attached hydrogen (secondary N) is 1. The Kier molecular flexibility index (Phi) is 3.52. The first kappa shape index (κ1) is 13.6. The van der Waals surface area contributed by atoms with Crippen LogP contribution in [0.15, 0.2) is 24.4 Å². The quantitative estimate of drug-likeness (QED) is 0.927. The van der Waals surface area contributed by atoms with Gasteiger partial charge in [0.05, 0.1) is 22.9 Å². The molecule has 2 aromatic heterocycles. The SMILES string of the molecule is Cc1nc2ccccn2c1CNC1CCCS(=O)(=O)C1. The maximum Gasteiger partial charge on any atom is 0.151 e. The predicted molar refractivity (Wildman–Crippen MR) is 78.4 cm³/mol. The van der Waals surface area contributed by atoms with Crippen molar-refractivity contribution >= 4 is 15.5 Å². The van der Waals surface area contributed by atoms with E-state index in [1.165, 1.54) is 0 Å². The van der Waals surface area contributed by atoms with E-state index in [9.17, 15) is 8.42 Å². The number of hydrogen-bond acceptors (Lipinski definition) is 4. The van der Waals surface area contributed by atoms with Gasteiger partial charge in [0, 0.05) is 18.8 Å². The van der Waals surface area contributed by atoms with E-state index in [1.807, 2.05) is 31.3 Å². The summed E-state index contributed by atoms with van der Waals surface area (Å²) >= 11 is 0. The summed E-state index contributed by atoms with van der Waals surface area (Å²) in [6.07, 6.45) is 3.67. The van der Waals surface area contributed by atoms with Crippen molar-refractivity contribution in [2.75, 3.05) is 11.5 Å². The second-order valence-electron chi connectivity index (χ2n) is 5.41. The highest BCUT2D eigenvalue weighted by Gasteiger charge is 2.24. The fourth-order valence-corrected chi connectivity index (χ4v) is 4.47. The van der Waals surface area contributed by atoms with E-state index in [2.05, 4.69) is 14.7 Å². The molecule has 1 saturated heterocycles. The van der Waals surface area contributed by atoms with Gasteiger partial charge in [-0.05, 0) is 31.9 Å². The van der Waals surface area contributed by atoms with E-state index in [1.54, 1.807) is 0 Å². The number of nitrogens with zero attached hydrogens (tertiary/aromatic N) is 2. The van der Waals surface area contributed by atoms with Crippen molar-refractivity contribution in [1.82, 2.24) is 14.7 Å². The van der Waals surface area contributed by atoms with Gasteiger partial charge in [0.15, 0.2) is 9.84 Å². The Labute approximate surface area is 118 Å². The van der Waals surface area contributed by atoms with Gasteiger partial charge >= 0.3 is 0 Å². The minimum atomic E-state index is -2.86. The summed E-state index contributed by atoms with van der Waals surface area (Å²) in [6, 6.07) is 5.97. The second-order valence-corrected chi connectivity index (χ2v) is 7.64. The van der Waals surface area contributed by atoms with E-state index >= 15 is 0 Å². The number of rotatable bonds is 3. The van der Waals surface area contributed by atoms with Crippen molar-refractivity contribution in [3.8, 4) is 0 Å². The third kappa shape index (κ3) is 2.71. The zero-order chi connectivity index (χ0) is 14.2. The normalized spacial score (nSPS) is 22.1. The van der Waals surface area contributed by atoms with Crippen molar-refractivity contribution in [1.29, 1.82) is 0 Å². The van der Waals surface area contributed by atoms with Gasteiger partial charge in [-0.25, -0.2) is 13.4 Å². The predicted octanol–water partition coefficient (Wildman–Crippen LogP) is 1.31. The van der Waals surface area contributed by atoms with Crippen LogP contribution in [0.4, 0.5) is 0 Å². The van der Waals surface area contributed by atoms with E-state index < -0.39 is 9.84 Å². The van der Waals surface area contributed by atoms with Crippen molar-refractivity contribution in [3.05, 3.63) is 35.8 Å². The minimum absolute atomic E-state index is 0.0578. The fourth-order valence-electron chi connectivity index (χ4n) is 2.80. The first-order valence-corrected chi connectivity index (χ1v) is 8.74. The molecule has 1 aliphatic heterocycles. The molecule has 3 rings (SSSR count). The maximum atomic E-state index is 11.6. The van der Waals surface area contributed by atoms with Crippen LogP contribution in [-0.2, 0) is 16.4 Å². The molecule has 0 bridgehead atoms. The van der Waals surface area contributed by atoms with Gasteiger partial charge in [-0.3, -0.25) is 0 Å². The van der Waals surface area contributed by atoms with Gasteiger partial charge in [-0.15, -0.1) is 0 Å². The Morgan fingerprint density at radius 2 is 2.30 bits per heavy atom. The molecule has 0 radical (unpaired) electrons. The molecule has 3 heterocycles. The van der Waals surface area contributed by atoms with Crippen molar-refractivity contribution in [2.24, 2.45) is 0 Å². The highest BCUT2D eigenvalue weighted by molar-refractivity contribution is 7.91. The zero-order valence-electron chi connectivity index (χ0n) is 11.5. The summed E-state index contributed by atoms with van der Waals surface area (Å²) in [5.41, 5.74) is 3.02. The third-order valence-electron chi connectivity index (χ3n) is 3.85. The Bertz CT molecular complexity index is 721. The van der Waals surface area contributed by atoms with Crippen LogP contribution in [0.5, 0.6) is 0 Å². The molecule has 1 unspecified atom stereocenters. The van der Waals surface area contributed by atoms with Crippen LogP contribution < -0.4 is 5.32 Å². The smallest absolute Gasteiger partial charge is 0.151 e. The van der Waals surface area contributed by atoms with Gasteiger partial charge < -0.3 is 9.72 Å². The Hall–Kier alpha value is -1.40. The lowest BCUT2D eigenvalue weighted by Gasteiger charge is -2.23. The molecule has 1 aliphatic rings. The molecule has 5 nitrogen and oxygen atoms in total. The van der Waals surface area contributed by atoms with Crippen molar-refractivity contribution < 1.29 is 8.42 Å². The molecule has 0 saturated carbocycles. The first-order valence-electron chi connectivity index (χ1n) is 6.91. The number of aromatic nitrogens is 2. The van der Waals surface area contributed by atoms with Gasteiger partial charge in [-0.2, -0.15) is 0 Å². The molecular weight excluding hydrogens is 274 g/mol. The van der Waals surface area contributed by atoms with Gasteiger partial charge in [0.2, 0.25) is 0 Å². The summed E-state index contributed by atoms with van der Waals surface area (Å²) in [4.78, 5) is 4.51. The number of pyridine rings is 1. The van der Waals surface area contributed by atoms with Crippen LogP contribution in [0.25, 0.3) is 5.65 Å². The molecule has 1 atom stereocenters. The molecule has 2 aromatic rings. The summed E-state index contributed by atoms with van der Waals surface area (Å²) in [7, 11) is -2.86. The highest BCUT2D eigenvalue weighted by Crippen LogP contribution is 2.15. The minimum Gasteiger partial charge on any atom is -0.307 e. The Morgan fingerprint density at radius 1 is 1.45 bits per heavy atom. The number of imidazole rings is 1. The van der Waals surface area contributed by atoms with Gasteiger partial charge in [-0.1, -0.05) is 6.07 Å². The number of aryl methyl sites for hydroxylation is 1. The highest BCUT2D eigenvalue weighted by atomic mass is 32.2. The molecule has 0 amide bonds. The van der Waals surface area contributed by atoms with Gasteiger partial charge in [0.25, 0.3) is 0 Å². The molecule has 0 aromatic carbocycles. The monoisotopic (exact) mass is 293 g/mol. The lowest BCUT2D eigenvalue weighted by atomic mass is 10.2. The average molecular weight is 293 g/mol. The fraction of sp³-hybridized carbons (Fsp3) is 0.500. The molecular formula is C14H19N3O2S. The van der Waals surface area contributed by atoms with E-state index in [4.69, 9.17) is 0 Å². The third-order valence-corrected chi connectivity index (χ3v) is 5.67. The van der Waals surface area contributed by atoms with Crippen molar-refractivity contribution in [3.63, 3.8) is 0 Å². The molecule has 0 spiro atoms. The number of sulfone groups is 1. The van der Waals surface area contributed by atoms with E-state index in [0.717, 1.165) is 29.9 Å². The lowest BCUT2D eigenvalue weighted by Crippen LogP contribution is -2.40. The molecule has 1 fully saturated rings. The number of fused-ring (bicyclic) bond motifs is 1. The summed E-state index contributed by atoms with van der Waals surface area (Å²) in [5, 5.41) is 3.37. The van der Waals surface area contributed by atoms with Crippen molar-refractivity contribution in [2.45, 2.75) is 32.4 Å². The summed E-state index contributed by atoms with van der Waals surface area (Å²) < 4.78 is 25.3. The van der Waals surface area contributed by atoms with Crippen LogP contribution >= 0.6 is 0 Å². The molecule has 20 heavy (non-hydrogen) atoms. The van der Waals surface area contributed by atoms with Crippen LogP contribution in [-0.4, -0.2) is 35.4 Å². The second kappa shape index (κ2) is 5.18. The number of hydrogen-bond donors (Lipinski definition) is 1. The average Bonchev–Trinajstić information content (AvgIpc) is 2.71. The Balaban J connectivity index is 1.75. The Morgan fingerprint density at radius 3 is 3.10 bits per heavy atom. The lowest BCUT2D eigenvalue weighted by molar-refractivity contribution is 0.476. The maximum absolute atomic E-state index is 11.6. The topological polar surface area (TPSA) is 63.5 Å². The standard InChI is InChI=1S/C14H19N3O2S/c1-11-13(17-7-3-2-6-14(17)16-11)9-15-12-5-4-8-20(18,19)10-12/h2-3,6-7,12,15H,4-5,8-10H2,1H3. The van der Waals surface area contributed by atoms with Crippen LogP contribution in [0.1, 0.15) is 24.2 Å². The molecule has 6 heteroatoms. The molecule has 0 aliphatic carbocycles. The largest absolute Gasteiger partial charge is 0.307 e.